The maximum Gasteiger partial charge on any atom is 0.252 e. The van der Waals surface area contributed by atoms with E-state index < -0.39 is 16.8 Å². The molecule has 0 saturated carbocycles. The van der Waals surface area contributed by atoms with Crippen molar-refractivity contribution in [2.45, 2.75) is 22.7 Å². The Hall–Kier alpha value is -2.31. The molecule has 2 aromatic rings. The first-order valence-corrected chi connectivity index (χ1v) is 8.82. The van der Waals surface area contributed by atoms with Gasteiger partial charge < -0.3 is 15.3 Å². The van der Waals surface area contributed by atoms with Crippen LogP contribution in [0.1, 0.15) is 18.6 Å². The number of fused-ring (bicyclic) bond motifs is 1. The van der Waals surface area contributed by atoms with Gasteiger partial charge in [0.15, 0.2) is 4.75 Å². The van der Waals surface area contributed by atoms with E-state index in [1.165, 1.54) is 16.7 Å². The maximum atomic E-state index is 12.7. The highest BCUT2D eigenvalue weighted by atomic mass is 32.2. The molecule has 0 bridgehead atoms. The van der Waals surface area contributed by atoms with Crippen LogP contribution in [0.2, 0.25) is 0 Å². The van der Waals surface area contributed by atoms with Gasteiger partial charge in [-0.15, -0.1) is 0 Å². The monoisotopic (exact) mass is 356 g/mol. The quantitative estimate of drug-likeness (QED) is 0.825. The Morgan fingerprint density at radius 1 is 1.20 bits per heavy atom. The predicted octanol–water partition coefficient (Wildman–Crippen LogP) is 2.36. The molecule has 3 rings (SSSR count). The number of nitrogens with one attached hydrogen (secondary N) is 1. The molecule has 2 aromatic carbocycles. The van der Waals surface area contributed by atoms with Crippen LogP contribution < -0.4 is 10.2 Å². The Labute approximate surface area is 151 Å². The average Bonchev–Trinajstić information content (AvgIpc) is 2.64. The van der Waals surface area contributed by atoms with Gasteiger partial charge in [-0.25, -0.2) is 0 Å². The third-order valence-electron chi connectivity index (χ3n) is 4.33. The van der Waals surface area contributed by atoms with E-state index >= 15 is 0 Å². The summed E-state index contributed by atoms with van der Waals surface area (Å²) in [7, 11) is 1.67. The summed E-state index contributed by atoms with van der Waals surface area (Å²) in [5.41, 5.74) is 1.52. The van der Waals surface area contributed by atoms with Crippen LogP contribution in [-0.4, -0.2) is 35.3 Å². The molecule has 1 heterocycles. The summed E-state index contributed by atoms with van der Waals surface area (Å²) in [6, 6.07) is 16.6. The fourth-order valence-corrected chi connectivity index (χ4v) is 4.09. The minimum Gasteiger partial charge on any atom is -0.387 e. The summed E-state index contributed by atoms with van der Waals surface area (Å²) in [4.78, 5) is 27.9. The van der Waals surface area contributed by atoms with Gasteiger partial charge in [0, 0.05) is 18.5 Å². The van der Waals surface area contributed by atoms with Crippen LogP contribution in [-0.2, 0) is 9.59 Å². The van der Waals surface area contributed by atoms with Crippen LogP contribution >= 0.6 is 11.8 Å². The molecule has 0 aromatic heterocycles. The zero-order chi connectivity index (χ0) is 18.0. The lowest BCUT2D eigenvalue weighted by Gasteiger charge is -2.37. The summed E-state index contributed by atoms with van der Waals surface area (Å²) >= 11 is 1.24. The van der Waals surface area contributed by atoms with Gasteiger partial charge in [-0.05, 0) is 24.6 Å². The van der Waals surface area contributed by atoms with E-state index in [0.29, 0.717) is 0 Å². The third kappa shape index (κ3) is 3.27. The molecular formula is C19H20N2O3S. The Kier molecular flexibility index (Phi) is 4.83. The van der Waals surface area contributed by atoms with Crippen LogP contribution in [0.15, 0.2) is 59.5 Å². The second-order valence-corrected chi connectivity index (χ2v) is 7.56. The summed E-state index contributed by atoms with van der Waals surface area (Å²) in [5.74, 6) is -0.679. The first-order valence-electron chi connectivity index (χ1n) is 8.01. The van der Waals surface area contributed by atoms with Crippen LogP contribution in [0.25, 0.3) is 0 Å². The van der Waals surface area contributed by atoms with Crippen molar-refractivity contribution in [3.63, 3.8) is 0 Å². The Bertz CT molecular complexity index is 796. The summed E-state index contributed by atoms with van der Waals surface area (Å²) in [6.45, 7) is 1.67. The number of rotatable bonds is 4. The van der Waals surface area contributed by atoms with Gasteiger partial charge in [-0.1, -0.05) is 54.2 Å². The predicted molar refractivity (Wildman–Crippen MR) is 98.5 cm³/mol. The van der Waals surface area contributed by atoms with Crippen molar-refractivity contribution in [2.24, 2.45) is 0 Å². The number of aliphatic hydroxyl groups excluding tert-OH is 1. The number of hydrogen-bond acceptors (Lipinski definition) is 4. The zero-order valence-electron chi connectivity index (χ0n) is 14.1. The Morgan fingerprint density at radius 3 is 2.56 bits per heavy atom. The molecule has 1 aliphatic rings. The number of hydrogen-bond donors (Lipinski definition) is 2. The number of anilines is 1. The van der Waals surface area contributed by atoms with Gasteiger partial charge in [0.2, 0.25) is 5.91 Å². The lowest BCUT2D eigenvalue weighted by atomic mass is 10.1. The zero-order valence-corrected chi connectivity index (χ0v) is 14.9. The number of benzene rings is 2. The summed E-state index contributed by atoms with van der Waals surface area (Å²) in [5, 5.41) is 12.9. The van der Waals surface area contributed by atoms with E-state index in [2.05, 4.69) is 5.32 Å². The normalized spacial score (nSPS) is 20.8. The molecule has 0 saturated heterocycles. The number of nitrogens with zero attached hydrogens (tertiary/aromatic N) is 1. The van der Waals surface area contributed by atoms with E-state index in [0.717, 1.165) is 16.1 Å². The van der Waals surface area contributed by atoms with E-state index in [9.17, 15) is 14.7 Å². The van der Waals surface area contributed by atoms with E-state index in [4.69, 9.17) is 0 Å². The number of carbonyl (C=O) groups is 2. The molecule has 0 aliphatic carbocycles. The number of aliphatic hydroxyl groups is 1. The van der Waals surface area contributed by atoms with Crippen molar-refractivity contribution in [1.82, 2.24) is 5.32 Å². The molecule has 2 unspecified atom stereocenters. The lowest BCUT2D eigenvalue weighted by Crippen LogP contribution is -2.55. The highest BCUT2D eigenvalue weighted by Crippen LogP contribution is 2.44. The topological polar surface area (TPSA) is 69.6 Å². The average molecular weight is 356 g/mol. The van der Waals surface area contributed by atoms with Crippen LogP contribution in [0.3, 0.4) is 0 Å². The van der Waals surface area contributed by atoms with Crippen molar-refractivity contribution in [3.8, 4) is 0 Å². The molecular weight excluding hydrogens is 336 g/mol. The highest BCUT2D eigenvalue weighted by Gasteiger charge is 2.48. The summed E-state index contributed by atoms with van der Waals surface area (Å²) < 4.78 is -1.26. The molecule has 6 heteroatoms. The van der Waals surface area contributed by atoms with Crippen molar-refractivity contribution in [1.29, 1.82) is 0 Å². The van der Waals surface area contributed by atoms with Gasteiger partial charge in [0.05, 0.1) is 11.8 Å². The second-order valence-electron chi connectivity index (χ2n) is 6.10. The molecule has 25 heavy (non-hydrogen) atoms. The fraction of sp³-hybridized carbons (Fsp3) is 0.263. The van der Waals surface area contributed by atoms with Gasteiger partial charge in [-0.3, -0.25) is 9.59 Å². The second kappa shape index (κ2) is 6.90. The van der Waals surface area contributed by atoms with Crippen molar-refractivity contribution < 1.29 is 14.7 Å². The molecule has 130 valence electrons. The molecule has 0 radical (unpaired) electrons. The Balaban J connectivity index is 1.74. The minimum atomic E-state index is -1.26. The summed E-state index contributed by atoms with van der Waals surface area (Å²) in [6.07, 6.45) is -0.817. The molecule has 2 N–H and O–H groups in total. The smallest absolute Gasteiger partial charge is 0.252 e. The first-order chi connectivity index (χ1) is 11.9. The largest absolute Gasteiger partial charge is 0.387 e. The van der Waals surface area contributed by atoms with Crippen molar-refractivity contribution in [3.05, 3.63) is 60.2 Å². The van der Waals surface area contributed by atoms with Crippen LogP contribution in [0.4, 0.5) is 5.69 Å². The van der Waals surface area contributed by atoms with Crippen molar-refractivity contribution in [2.75, 3.05) is 18.5 Å². The fourth-order valence-electron chi connectivity index (χ4n) is 2.81. The SMILES string of the molecule is CN1C(=O)C(C)(C(=O)NCC(O)c2ccccc2)Sc2ccccc21. The number of para-hydroxylation sites is 1. The van der Waals surface area contributed by atoms with Crippen LogP contribution in [0.5, 0.6) is 0 Å². The minimum absolute atomic E-state index is 0.0532. The molecule has 1 aliphatic heterocycles. The van der Waals surface area contributed by atoms with Gasteiger partial charge in [0.1, 0.15) is 0 Å². The number of amides is 2. The third-order valence-corrected chi connectivity index (χ3v) is 5.66. The van der Waals surface area contributed by atoms with Crippen LogP contribution in [0, 0.1) is 0 Å². The van der Waals surface area contributed by atoms with E-state index in [1.807, 2.05) is 42.5 Å². The molecule has 0 spiro atoms. The first kappa shape index (κ1) is 17.5. The number of thioether (sulfide) groups is 1. The highest BCUT2D eigenvalue weighted by molar-refractivity contribution is 8.02. The molecule has 2 amide bonds. The van der Waals surface area contributed by atoms with E-state index in [1.54, 1.807) is 26.1 Å². The standard InChI is InChI=1S/C19H20N2O3S/c1-19(17(23)20-12-15(22)13-8-4-3-5-9-13)18(24)21(2)14-10-6-7-11-16(14)25-19/h3-11,15,22H,12H2,1-2H3,(H,20,23). The lowest BCUT2D eigenvalue weighted by molar-refractivity contribution is -0.131. The maximum absolute atomic E-state index is 12.7. The van der Waals surface area contributed by atoms with Gasteiger partial charge in [0.25, 0.3) is 5.91 Å². The molecule has 5 nitrogen and oxygen atoms in total. The molecule has 0 fully saturated rings. The van der Waals surface area contributed by atoms with Crippen molar-refractivity contribution >= 4 is 29.3 Å². The Morgan fingerprint density at radius 2 is 1.84 bits per heavy atom. The van der Waals surface area contributed by atoms with Gasteiger partial charge in [-0.2, -0.15) is 0 Å². The number of carbonyl (C=O) groups excluding carboxylic acids is 2. The van der Waals surface area contributed by atoms with Gasteiger partial charge >= 0.3 is 0 Å². The van der Waals surface area contributed by atoms with E-state index in [-0.39, 0.29) is 12.5 Å². The molecule has 2 atom stereocenters.